The van der Waals surface area contributed by atoms with Crippen LogP contribution in [0.5, 0.6) is 5.75 Å². The van der Waals surface area contributed by atoms with Gasteiger partial charge < -0.3 is 4.74 Å². The summed E-state index contributed by atoms with van der Waals surface area (Å²) in [5.74, 6) is 0.175. The van der Waals surface area contributed by atoms with E-state index in [1.165, 1.54) is 30.5 Å². The van der Waals surface area contributed by atoms with Crippen LogP contribution in [-0.4, -0.2) is 29.1 Å². The Labute approximate surface area is 158 Å². The van der Waals surface area contributed by atoms with Gasteiger partial charge in [0.05, 0.1) is 23.8 Å². The Balaban J connectivity index is 1.76. The number of carbonyl (C=O) groups is 1. The molecule has 3 rings (SSSR count). The van der Waals surface area contributed by atoms with E-state index in [1.54, 1.807) is 25.3 Å². The lowest BCUT2D eigenvalue weighted by molar-refractivity contribution is -0.384. The van der Waals surface area contributed by atoms with E-state index >= 15 is 0 Å². The van der Waals surface area contributed by atoms with Crippen LogP contribution in [0.1, 0.15) is 15.9 Å². The summed E-state index contributed by atoms with van der Waals surface area (Å²) in [6.07, 6.45) is 1.37. The van der Waals surface area contributed by atoms with Crippen molar-refractivity contribution in [2.24, 2.45) is 5.10 Å². The van der Waals surface area contributed by atoms with E-state index in [0.29, 0.717) is 16.8 Å². The summed E-state index contributed by atoms with van der Waals surface area (Å²) in [5, 5.41) is 15.5. The molecule has 0 aliphatic heterocycles. The molecular weight excluding hydrogens is 372 g/mol. The number of amides is 1. The number of hydrogen-bond acceptors (Lipinski definition) is 6. The number of non-ortho nitro benzene ring substituents is 1. The van der Waals surface area contributed by atoms with E-state index in [1.807, 2.05) is 6.07 Å². The molecule has 0 saturated heterocycles. The van der Waals surface area contributed by atoms with Crippen LogP contribution in [0, 0.1) is 10.1 Å². The highest BCUT2D eigenvalue weighted by atomic mass is 35.5. The first-order valence-corrected chi connectivity index (χ1v) is 8.08. The smallest absolute Gasteiger partial charge is 0.271 e. The zero-order valence-corrected chi connectivity index (χ0v) is 14.8. The number of nitro groups is 1. The third-order valence-electron chi connectivity index (χ3n) is 3.71. The number of carbonyl (C=O) groups excluding carboxylic acids is 1. The van der Waals surface area contributed by atoms with Crippen LogP contribution in [0.25, 0.3) is 10.9 Å². The topological polar surface area (TPSA) is 107 Å². The first-order chi connectivity index (χ1) is 13.0. The highest BCUT2D eigenvalue weighted by molar-refractivity contribution is 6.32. The SMILES string of the molecule is COc1ccc2nc(Cl)c(C=NNC(=O)c3ccc([N+](=O)[O-])cc3)cc2c1. The van der Waals surface area contributed by atoms with Gasteiger partial charge in [0.15, 0.2) is 0 Å². The van der Waals surface area contributed by atoms with Gasteiger partial charge in [0.25, 0.3) is 11.6 Å². The lowest BCUT2D eigenvalue weighted by atomic mass is 10.1. The van der Waals surface area contributed by atoms with Crippen molar-refractivity contribution in [3.63, 3.8) is 0 Å². The van der Waals surface area contributed by atoms with E-state index in [0.717, 1.165) is 5.39 Å². The molecule has 1 heterocycles. The number of methoxy groups -OCH3 is 1. The predicted octanol–water partition coefficient (Wildman–Crippen LogP) is 3.57. The Morgan fingerprint density at radius 2 is 2.00 bits per heavy atom. The molecule has 0 atom stereocenters. The Morgan fingerprint density at radius 1 is 1.26 bits per heavy atom. The van der Waals surface area contributed by atoms with Crippen molar-refractivity contribution in [3.05, 3.63) is 74.9 Å². The average molecular weight is 385 g/mol. The molecule has 136 valence electrons. The van der Waals surface area contributed by atoms with Crippen molar-refractivity contribution in [1.82, 2.24) is 10.4 Å². The first-order valence-electron chi connectivity index (χ1n) is 7.70. The number of rotatable bonds is 5. The van der Waals surface area contributed by atoms with Crippen molar-refractivity contribution in [3.8, 4) is 5.75 Å². The average Bonchev–Trinajstić information content (AvgIpc) is 2.68. The molecular formula is C18H13ClN4O4. The Kier molecular flexibility index (Phi) is 5.28. The van der Waals surface area contributed by atoms with Crippen molar-refractivity contribution in [1.29, 1.82) is 0 Å². The maximum absolute atomic E-state index is 12.0. The number of nitrogens with zero attached hydrogens (tertiary/aromatic N) is 3. The van der Waals surface area contributed by atoms with Crippen molar-refractivity contribution < 1.29 is 14.5 Å². The second-order valence-corrected chi connectivity index (χ2v) is 5.79. The molecule has 0 fully saturated rings. The van der Waals surface area contributed by atoms with Crippen LogP contribution < -0.4 is 10.2 Å². The van der Waals surface area contributed by atoms with Crippen LogP contribution in [0.3, 0.4) is 0 Å². The maximum Gasteiger partial charge on any atom is 0.271 e. The summed E-state index contributed by atoms with van der Waals surface area (Å²) >= 11 is 6.15. The van der Waals surface area contributed by atoms with Gasteiger partial charge in [-0.05, 0) is 36.4 Å². The maximum atomic E-state index is 12.0. The Hall–Kier alpha value is -3.52. The number of aromatic nitrogens is 1. The van der Waals surface area contributed by atoms with Gasteiger partial charge in [0.2, 0.25) is 0 Å². The van der Waals surface area contributed by atoms with Crippen molar-refractivity contribution in [2.45, 2.75) is 0 Å². The molecule has 1 aromatic heterocycles. The van der Waals surface area contributed by atoms with Crippen molar-refractivity contribution in [2.75, 3.05) is 7.11 Å². The van der Waals surface area contributed by atoms with Gasteiger partial charge >= 0.3 is 0 Å². The number of halogens is 1. The highest BCUT2D eigenvalue weighted by Gasteiger charge is 2.09. The summed E-state index contributed by atoms with van der Waals surface area (Å²) in [4.78, 5) is 26.4. The van der Waals surface area contributed by atoms with Gasteiger partial charge in [0, 0.05) is 28.6 Å². The fourth-order valence-electron chi connectivity index (χ4n) is 2.32. The molecule has 0 unspecified atom stereocenters. The number of nitrogens with one attached hydrogen (secondary N) is 1. The van der Waals surface area contributed by atoms with Crippen LogP contribution in [0.2, 0.25) is 5.15 Å². The number of pyridine rings is 1. The second-order valence-electron chi connectivity index (χ2n) is 5.43. The third kappa shape index (κ3) is 4.18. The third-order valence-corrected chi connectivity index (χ3v) is 4.02. The minimum Gasteiger partial charge on any atom is -0.497 e. The van der Waals surface area contributed by atoms with Gasteiger partial charge in [-0.25, -0.2) is 10.4 Å². The summed E-state index contributed by atoms with van der Waals surface area (Å²) in [5.41, 5.74) is 3.70. The number of ether oxygens (including phenoxy) is 1. The zero-order chi connectivity index (χ0) is 19.4. The normalized spacial score (nSPS) is 10.9. The molecule has 0 bridgehead atoms. The second kappa shape index (κ2) is 7.79. The monoisotopic (exact) mass is 384 g/mol. The summed E-state index contributed by atoms with van der Waals surface area (Å²) in [6, 6.07) is 12.3. The fraction of sp³-hybridized carbons (Fsp3) is 0.0556. The Bertz CT molecular complexity index is 1050. The first kappa shape index (κ1) is 18.3. The van der Waals surface area contributed by atoms with Gasteiger partial charge in [-0.15, -0.1) is 0 Å². The lowest BCUT2D eigenvalue weighted by Crippen LogP contribution is -2.17. The molecule has 27 heavy (non-hydrogen) atoms. The number of nitro benzene ring substituents is 1. The molecule has 1 amide bonds. The number of hydrazone groups is 1. The van der Waals surface area contributed by atoms with E-state index in [-0.39, 0.29) is 16.4 Å². The minimum absolute atomic E-state index is 0.0977. The predicted molar refractivity (Wildman–Crippen MR) is 101 cm³/mol. The van der Waals surface area contributed by atoms with Gasteiger partial charge in [0.1, 0.15) is 10.9 Å². The molecule has 1 N–H and O–H groups in total. The van der Waals surface area contributed by atoms with Crippen molar-refractivity contribution >= 4 is 40.3 Å². The molecule has 3 aromatic rings. The van der Waals surface area contributed by atoms with E-state index in [4.69, 9.17) is 16.3 Å². The van der Waals surface area contributed by atoms with Crippen LogP contribution in [0.15, 0.2) is 53.6 Å². The minimum atomic E-state index is -0.538. The van der Waals surface area contributed by atoms with Gasteiger partial charge in [-0.1, -0.05) is 11.6 Å². The molecule has 0 saturated carbocycles. The molecule has 2 aromatic carbocycles. The zero-order valence-electron chi connectivity index (χ0n) is 14.0. The van der Waals surface area contributed by atoms with Crippen LogP contribution in [0.4, 0.5) is 5.69 Å². The molecule has 0 spiro atoms. The summed E-state index contributed by atoms with van der Waals surface area (Å²) < 4.78 is 5.18. The standard InChI is InChI=1S/C18H13ClN4O4/c1-27-15-6-7-16-12(9-15)8-13(17(19)21-16)10-20-22-18(24)11-2-4-14(5-3-11)23(25)26/h2-10H,1H3,(H,22,24). The molecule has 0 aliphatic rings. The number of fused-ring (bicyclic) bond motifs is 1. The number of benzene rings is 2. The summed E-state index contributed by atoms with van der Waals surface area (Å²) in [7, 11) is 1.57. The fourth-order valence-corrected chi connectivity index (χ4v) is 2.52. The van der Waals surface area contributed by atoms with Crippen LogP contribution in [-0.2, 0) is 0 Å². The largest absolute Gasteiger partial charge is 0.497 e. The molecule has 8 nitrogen and oxygen atoms in total. The lowest BCUT2D eigenvalue weighted by Gasteiger charge is -2.05. The number of hydrogen-bond donors (Lipinski definition) is 1. The molecule has 0 aliphatic carbocycles. The quantitative estimate of drug-likeness (QED) is 0.313. The van der Waals surface area contributed by atoms with Gasteiger partial charge in [-0.2, -0.15) is 5.10 Å². The van der Waals surface area contributed by atoms with E-state index in [9.17, 15) is 14.9 Å². The molecule has 0 radical (unpaired) electrons. The van der Waals surface area contributed by atoms with E-state index in [2.05, 4.69) is 15.5 Å². The van der Waals surface area contributed by atoms with E-state index < -0.39 is 10.8 Å². The summed E-state index contributed by atoms with van der Waals surface area (Å²) in [6.45, 7) is 0. The van der Waals surface area contributed by atoms with Crippen LogP contribution >= 0.6 is 11.6 Å². The Morgan fingerprint density at radius 3 is 2.67 bits per heavy atom. The van der Waals surface area contributed by atoms with Gasteiger partial charge in [-0.3, -0.25) is 14.9 Å². The molecule has 9 heteroatoms. The highest BCUT2D eigenvalue weighted by Crippen LogP contribution is 2.23.